The van der Waals surface area contributed by atoms with Crippen LogP contribution in [-0.2, 0) is 4.79 Å². The Morgan fingerprint density at radius 2 is 2.00 bits per heavy atom. The number of carbonyl (C=O) groups is 1. The molecule has 0 saturated carbocycles. The summed E-state index contributed by atoms with van der Waals surface area (Å²) in [6, 6.07) is 16.4. The minimum absolute atomic E-state index is 0.0202. The number of carbonyl (C=O) groups excluding carboxylic acids is 1. The van der Waals surface area contributed by atoms with Crippen LogP contribution in [0.5, 0.6) is 5.75 Å². The Balaban J connectivity index is 1.87. The summed E-state index contributed by atoms with van der Waals surface area (Å²) in [5.41, 5.74) is 3.28. The zero-order chi connectivity index (χ0) is 16.1. The Bertz CT molecular complexity index is 670. The van der Waals surface area contributed by atoms with Crippen LogP contribution in [-0.4, -0.2) is 26.1 Å². The molecule has 1 aliphatic heterocycles. The molecule has 23 heavy (non-hydrogen) atoms. The van der Waals surface area contributed by atoms with Crippen molar-refractivity contribution in [2.75, 3.05) is 20.2 Å². The second-order valence-corrected chi connectivity index (χ2v) is 5.70. The smallest absolute Gasteiger partial charge is 0.221 e. The van der Waals surface area contributed by atoms with Gasteiger partial charge >= 0.3 is 0 Å². The van der Waals surface area contributed by atoms with E-state index in [1.54, 1.807) is 0 Å². The van der Waals surface area contributed by atoms with Crippen molar-refractivity contribution in [3.63, 3.8) is 0 Å². The summed E-state index contributed by atoms with van der Waals surface area (Å²) < 4.78 is 5.94. The van der Waals surface area contributed by atoms with Crippen molar-refractivity contribution >= 4 is 5.91 Å². The molecule has 0 radical (unpaired) electrons. The third-order valence-corrected chi connectivity index (χ3v) is 4.10. The second kappa shape index (κ2) is 7.29. The molecule has 4 heteroatoms. The summed E-state index contributed by atoms with van der Waals surface area (Å²) in [5.74, 6) is 0.964. The van der Waals surface area contributed by atoms with E-state index in [4.69, 9.17) is 4.74 Å². The fraction of sp³-hybridized carbons (Fsp3) is 0.316. The summed E-state index contributed by atoms with van der Waals surface area (Å²) in [6.07, 6.45) is 1.29. The first-order chi connectivity index (χ1) is 11.3. The molecule has 1 atom stereocenters. The molecule has 120 valence electrons. The maximum Gasteiger partial charge on any atom is 0.221 e. The molecule has 1 unspecified atom stereocenters. The number of hydrogen-bond acceptors (Lipinski definition) is 3. The average Bonchev–Trinajstić information content (AvgIpc) is 2.60. The van der Waals surface area contributed by atoms with Gasteiger partial charge in [-0.1, -0.05) is 48.5 Å². The third kappa shape index (κ3) is 3.54. The number of nitrogens with one attached hydrogen (secondary N) is 2. The molecule has 0 aliphatic carbocycles. The van der Waals surface area contributed by atoms with Crippen molar-refractivity contribution in [2.45, 2.75) is 18.9 Å². The maximum atomic E-state index is 12.0. The van der Waals surface area contributed by atoms with E-state index < -0.39 is 0 Å². The number of amides is 1. The Kier molecular flexibility index (Phi) is 4.93. The number of ether oxygens (including phenoxy) is 1. The van der Waals surface area contributed by atoms with Gasteiger partial charge in [0.05, 0.1) is 12.6 Å². The second-order valence-electron chi connectivity index (χ2n) is 5.70. The molecule has 0 saturated heterocycles. The summed E-state index contributed by atoms with van der Waals surface area (Å²) in [4.78, 5) is 12.0. The molecular weight excluding hydrogens is 288 g/mol. The first kappa shape index (κ1) is 15.6. The molecule has 2 aromatic carbocycles. The number of rotatable bonds is 5. The van der Waals surface area contributed by atoms with Gasteiger partial charge in [0.1, 0.15) is 5.75 Å². The minimum Gasteiger partial charge on any atom is -0.492 e. The van der Waals surface area contributed by atoms with Gasteiger partial charge in [-0.2, -0.15) is 0 Å². The molecule has 2 N–H and O–H groups in total. The van der Waals surface area contributed by atoms with Gasteiger partial charge in [0.15, 0.2) is 0 Å². The van der Waals surface area contributed by atoms with Gasteiger partial charge in [0, 0.05) is 30.5 Å². The minimum atomic E-state index is 0.0202. The van der Waals surface area contributed by atoms with Crippen molar-refractivity contribution in [1.29, 1.82) is 0 Å². The van der Waals surface area contributed by atoms with Gasteiger partial charge in [0.2, 0.25) is 5.91 Å². The monoisotopic (exact) mass is 310 g/mol. The van der Waals surface area contributed by atoms with E-state index >= 15 is 0 Å². The van der Waals surface area contributed by atoms with Gasteiger partial charge < -0.3 is 15.4 Å². The van der Waals surface area contributed by atoms with Crippen LogP contribution in [0, 0.1) is 0 Å². The average molecular weight is 310 g/mol. The van der Waals surface area contributed by atoms with E-state index in [1.807, 2.05) is 37.4 Å². The van der Waals surface area contributed by atoms with Crippen LogP contribution >= 0.6 is 0 Å². The highest BCUT2D eigenvalue weighted by Gasteiger charge is 2.25. The first-order valence-corrected chi connectivity index (χ1v) is 8.04. The predicted octanol–water partition coefficient (Wildman–Crippen LogP) is 2.90. The summed E-state index contributed by atoms with van der Waals surface area (Å²) in [7, 11) is 1.85. The Morgan fingerprint density at radius 1 is 1.17 bits per heavy atom. The lowest BCUT2D eigenvalue weighted by Crippen LogP contribution is -2.33. The van der Waals surface area contributed by atoms with E-state index in [1.165, 1.54) is 0 Å². The first-order valence-electron chi connectivity index (χ1n) is 8.04. The van der Waals surface area contributed by atoms with Gasteiger partial charge in [-0.25, -0.2) is 0 Å². The third-order valence-electron chi connectivity index (χ3n) is 4.10. The molecule has 1 amide bonds. The van der Waals surface area contributed by atoms with Crippen molar-refractivity contribution in [3.8, 4) is 16.9 Å². The quantitative estimate of drug-likeness (QED) is 0.893. The van der Waals surface area contributed by atoms with Crippen LogP contribution in [0.2, 0.25) is 0 Å². The van der Waals surface area contributed by atoms with Crippen LogP contribution in [0.15, 0.2) is 48.5 Å². The molecular formula is C19H22N2O2. The lowest BCUT2D eigenvalue weighted by Gasteiger charge is -2.28. The fourth-order valence-electron chi connectivity index (χ4n) is 2.92. The lowest BCUT2D eigenvalue weighted by atomic mass is 9.94. The van der Waals surface area contributed by atoms with E-state index in [0.717, 1.165) is 28.9 Å². The fourth-order valence-corrected chi connectivity index (χ4v) is 2.92. The van der Waals surface area contributed by atoms with Gasteiger partial charge in [-0.3, -0.25) is 4.79 Å². The Labute approximate surface area is 136 Å². The SMILES string of the molecule is CNCCC(=O)NC1CCOc2c(-c3ccccc3)cccc21. The molecule has 0 fully saturated rings. The van der Waals surface area contributed by atoms with Crippen molar-refractivity contribution < 1.29 is 9.53 Å². The standard InChI is InChI=1S/C19H22N2O2/c1-20-12-10-18(22)21-17-11-13-23-19-15(8-5-9-16(17)19)14-6-3-2-4-7-14/h2-9,17,20H,10-13H2,1H3,(H,21,22). The molecule has 2 aromatic rings. The van der Waals surface area contributed by atoms with Crippen LogP contribution in [0.4, 0.5) is 0 Å². The highest BCUT2D eigenvalue weighted by atomic mass is 16.5. The lowest BCUT2D eigenvalue weighted by molar-refractivity contribution is -0.121. The number of fused-ring (bicyclic) bond motifs is 1. The van der Waals surface area contributed by atoms with Crippen molar-refractivity contribution in [2.24, 2.45) is 0 Å². The van der Waals surface area contributed by atoms with Crippen LogP contribution < -0.4 is 15.4 Å². The van der Waals surface area contributed by atoms with Crippen LogP contribution in [0.25, 0.3) is 11.1 Å². The number of benzene rings is 2. The molecule has 0 aromatic heterocycles. The van der Waals surface area contributed by atoms with E-state index in [2.05, 4.69) is 28.8 Å². The molecule has 0 bridgehead atoms. The highest BCUT2D eigenvalue weighted by Crippen LogP contribution is 2.39. The zero-order valence-electron chi connectivity index (χ0n) is 13.3. The summed E-state index contributed by atoms with van der Waals surface area (Å²) >= 11 is 0. The Hall–Kier alpha value is -2.33. The van der Waals surface area contributed by atoms with E-state index in [-0.39, 0.29) is 11.9 Å². The molecule has 1 aliphatic rings. The molecule has 0 spiro atoms. The maximum absolute atomic E-state index is 12.0. The van der Waals surface area contributed by atoms with Gasteiger partial charge in [0.25, 0.3) is 0 Å². The van der Waals surface area contributed by atoms with E-state index in [9.17, 15) is 4.79 Å². The normalized spacial score (nSPS) is 16.3. The van der Waals surface area contributed by atoms with Crippen molar-refractivity contribution in [1.82, 2.24) is 10.6 Å². The van der Waals surface area contributed by atoms with Crippen LogP contribution in [0.1, 0.15) is 24.4 Å². The Morgan fingerprint density at radius 3 is 2.78 bits per heavy atom. The highest BCUT2D eigenvalue weighted by molar-refractivity contribution is 5.78. The topological polar surface area (TPSA) is 50.4 Å². The zero-order valence-corrected chi connectivity index (χ0v) is 13.3. The molecule has 1 heterocycles. The predicted molar refractivity (Wildman–Crippen MR) is 91.4 cm³/mol. The summed E-state index contributed by atoms with van der Waals surface area (Å²) in [6.45, 7) is 1.31. The molecule has 3 rings (SSSR count). The van der Waals surface area contributed by atoms with Crippen molar-refractivity contribution in [3.05, 3.63) is 54.1 Å². The van der Waals surface area contributed by atoms with E-state index in [0.29, 0.717) is 19.6 Å². The number of hydrogen-bond donors (Lipinski definition) is 2. The largest absolute Gasteiger partial charge is 0.492 e. The molecule has 4 nitrogen and oxygen atoms in total. The van der Waals surface area contributed by atoms with Crippen LogP contribution in [0.3, 0.4) is 0 Å². The summed E-state index contributed by atoms with van der Waals surface area (Å²) in [5, 5.41) is 6.13. The van der Waals surface area contributed by atoms with Gasteiger partial charge in [-0.15, -0.1) is 0 Å². The van der Waals surface area contributed by atoms with Gasteiger partial charge in [-0.05, 0) is 12.6 Å². The number of para-hydroxylation sites is 1.